The van der Waals surface area contributed by atoms with Gasteiger partial charge < -0.3 is 24.5 Å². The highest BCUT2D eigenvalue weighted by atomic mass is 16.6. The quantitative estimate of drug-likeness (QED) is 0.757. The van der Waals surface area contributed by atoms with Crippen molar-refractivity contribution in [3.8, 4) is 5.75 Å². The molecule has 0 radical (unpaired) electrons. The van der Waals surface area contributed by atoms with Gasteiger partial charge in [0.15, 0.2) is 0 Å². The van der Waals surface area contributed by atoms with Crippen molar-refractivity contribution in [3.63, 3.8) is 0 Å². The molecule has 2 aromatic rings. The summed E-state index contributed by atoms with van der Waals surface area (Å²) < 4.78 is 16.4. The number of methoxy groups -OCH3 is 1. The third-order valence-corrected chi connectivity index (χ3v) is 5.17. The molecule has 7 nitrogen and oxygen atoms in total. The molecule has 29 heavy (non-hydrogen) atoms. The fourth-order valence-corrected chi connectivity index (χ4v) is 3.51. The smallest absolute Gasteiger partial charge is 0.407 e. The van der Waals surface area contributed by atoms with E-state index in [1.165, 1.54) is 0 Å². The van der Waals surface area contributed by atoms with E-state index in [9.17, 15) is 9.59 Å². The van der Waals surface area contributed by atoms with Crippen LogP contribution in [0.1, 0.15) is 56.7 Å². The molecule has 158 valence electrons. The van der Waals surface area contributed by atoms with Gasteiger partial charge in [-0.1, -0.05) is 0 Å². The number of carbonyl (C=O) groups excluding carboxylic acids is 2. The molecule has 1 heterocycles. The van der Waals surface area contributed by atoms with Crippen molar-refractivity contribution in [1.29, 1.82) is 0 Å². The molecule has 1 aliphatic rings. The highest BCUT2D eigenvalue weighted by molar-refractivity contribution is 6.07. The molecule has 1 atom stereocenters. The number of nitrogens with one attached hydrogen (secondary N) is 2. The topological polar surface area (TPSA) is 89.8 Å². The molecular formula is C22H30N2O5. The summed E-state index contributed by atoms with van der Waals surface area (Å²) in [5.41, 5.74) is -0.0329. The number of carbonyl (C=O) groups is 2. The van der Waals surface area contributed by atoms with Gasteiger partial charge in [-0.2, -0.15) is 0 Å². The lowest BCUT2D eigenvalue weighted by atomic mass is 9.94. The molecule has 0 saturated heterocycles. The fourth-order valence-electron chi connectivity index (χ4n) is 3.51. The molecule has 0 spiro atoms. The maximum atomic E-state index is 13.2. The predicted molar refractivity (Wildman–Crippen MR) is 110 cm³/mol. The van der Waals surface area contributed by atoms with E-state index in [-0.39, 0.29) is 12.5 Å². The SMILES string of the molecule is COc1ccc2oc(C)c(C(=O)NC(C)(CNC(=O)OC(C)(C)C)C3CC3)c2c1. The van der Waals surface area contributed by atoms with Crippen molar-refractivity contribution in [3.05, 3.63) is 29.5 Å². The Balaban J connectivity index is 1.79. The second kappa shape index (κ2) is 7.61. The molecule has 1 aromatic carbocycles. The second-order valence-electron chi connectivity index (χ2n) is 8.90. The van der Waals surface area contributed by atoms with Gasteiger partial charge >= 0.3 is 6.09 Å². The van der Waals surface area contributed by atoms with Gasteiger partial charge in [0, 0.05) is 11.9 Å². The number of amides is 2. The summed E-state index contributed by atoms with van der Waals surface area (Å²) in [6, 6.07) is 5.39. The Hall–Kier alpha value is -2.70. The average molecular weight is 402 g/mol. The van der Waals surface area contributed by atoms with Crippen molar-refractivity contribution in [2.24, 2.45) is 5.92 Å². The van der Waals surface area contributed by atoms with Crippen molar-refractivity contribution in [2.75, 3.05) is 13.7 Å². The van der Waals surface area contributed by atoms with E-state index in [0.29, 0.717) is 34.0 Å². The van der Waals surface area contributed by atoms with Gasteiger partial charge in [-0.15, -0.1) is 0 Å². The molecule has 7 heteroatoms. The number of aryl methyl sites for hydroxylation is 1. The van der Waals surface area contributed by atoms with E-state index < -0.39 is 17.2 Å². The van der Waals surface area contributed by atoms with Crippen molar-refractivity contribution in [1.82, 2.24) is 10.6 Å². The highest BCUT2D eigenvalue weighted by Gasteiger charge is 2.43. The third-order valence-electron chi connectivity index (χ3n) is 5.17. The Bertz CT molecular complexity index is 923. The van der Waals surface area contributed by atoms with Crippen molar-refractivity contribution in [2.45, 2.75) is 58.6 Å². The number of rotatable bonds is 6. The van der Waals surface area contributed by atoms with Crippen LogP contribution >= 0.6 is 0 Å². The number of fused-ring (bicyclic) bond motifs is 1. The maximum absolute atomic E-state index is 13.2. The van der Waals surface area contributed by atoms with Crippen LogP contribution in [0, 0.1) is 12.8 Å². The largest absolute Gasteiger partial charge is 0.497 e. The van der Waals surface area contributed by atoms with Crippen LogP contribution in [0.2, 0.25) is 0 Å². The monoisotopic (exact) mass is 402 g/mol. The molecule has 2 amide bonds. The molecule has 3 rings (SSSR count). The first-order valence-corrected chi connectivity index (χ1v) is 9.89. The Kier molecular flexibility index (Phi) is 5.52. The van der Waals surface area contributed by atoms with E-state index in [0.717, 1.165) is 12.8 Å². The minimum atomic E-state index is -0.580. The zero-order chi connectivity index (χ0) is 21.4. The van der Waals surface area contributed by atoms with Crippen molar-refractivity contribution >= 4 is 23.0 Å². The number of ether oxygens (including phenoxy) is 2. The molecule has 1 fully saturated rings. The summed E-state index contributed by atoms with van der Waals surface area (Å²) in [7, 11) is 1.58. The first-order chi connectivity index (χ1) is 13.5. The number of alkyl carbamates (subject to hydrolysis) is 1. The van der Waals surface area contributed by atoms with Crippen LogP contribution in [0.4, 0.5) is 4.79 Å². The van der Waals surface area contributed by atoms with Crippen molar-refractivity contribution < 1.29 is 23.5 Å². The molecule has 0 aliphatic heterocycles. The van der Waals surface area contributed by atoms with Crippen LogP contribution in [-0.2, 0) is 4.74 Å². The minimum Gasteiger partial charge on any atom is -0.497 e. The summed E-state index contributed by atoms with van der Waals surface area (Å²) in [4.78, 5) is 25.3. The number of furan rings is 1. The molecule has 1 saturated carbocycles. The van der Waals surface area contributed by atoms with Gasteiger partial charge in [0.25, 0.3) is 5.91 Å². The molecule has 0 bridgehead atoms. The van der Waals surface area contributed by atoms with Gasteiger partial charge in [0.1, 0.15) is 22.7 Å². The van der Waals surface area contributed by atoms with Crippen LogP contribution in [0.5, 0.6) is 5.75 Å². The lowest BCUT2D eigenvalue weighted by Crippen LogP contribution is -2.55. The molecular weight excluding hydrogens is 372 g/mol. The Morgan fingerprint density at radius 2 is 1.90 bits per heavy atom. The zero-order valence-electron chi connectivity index (χ0n) is 18.0. The van der Waals surface area contributed by atoms with Crippen LogP contribution in [0.3, 0.4) is 0 Å². The summed E-state index contributed by atoms with van der Waals surface area (Å²) in [5, 5.41) is 6.64. The predicted octanol–water partition coefficient (Wildman–Crippen LogP) is 4.17. The first-order valence-electron chi connectivity index (χ1n) is 9.89. The van der Waals surface area contributed by atoms with Gasteiger partial charge in [0.2, 0.25) is 0 Å². The van der Waals surface area contributed by atoms with Gasteiger partial charge in [0.05, 0.1) is 18.2 Å². The van der Waals surface area contributed by atoms with E-state index in [1.807, 2.05) is 27.7 Å². The van der Waals surface area contributed by atoms with Gasteiger partial charge in [-0.3, -0.25) is 4.79 Å². The lowest BCUT2D eigenvalue weighted by molar-refractivity contribution is 0.0502. The van der Waals surface area contributed by atoms with Crippen LogP contribution < -0.4 is 15.4 Å². The van der Waals surface area contributed by atoms with Crippen LogP contribution in [0.15, 0.2) is 22.6 Å². The molecule has 2 N–H and O–H groups in total. The third kappa shape index (κ3) is 4.83. The van der Waals surface area contributed by atoms with E-state index >= 15 is 0 Å². The average Bonchev–Trinajstić information content (AvgIpc) is 3.41. The maximum Gasteiger partial charge on any atom is 0.407 e. The Morgan fingerprint density at radius 1 is 1.21 bits per heavy atom. The lowest BCUT2D eigenvalue weighted by Gasteiger charge is -2.32. The summed E-state index contributed by atoms with van der Waals surface area (Å²) in [5.74, 6) is 1.28. The van der Waals surface area contributed by atoms with Crippen LogP contribution in [0.25, 0.3) is 11.0 Å². The Morgan fingerprint density at radius 3 is 2.48 bits per heavy atom. The summed E-state index contributed by atoms with van der Waals surface area (Å²) in [6.07, 6.45) is 1.52. The summed E-state index contributed by atoms with van der Waals surface area (Å²) in [6.45, 7) is 9.46. The second-order valence-corrected chi connectivity index (χ2v) is 8.90. The van der Waals surface area contributed by atoms with E-state index in [4.69, 9.17) is 13.9 Å². The summed E-state index contributed by atoms with van der Waals surface area (Å²) >= 11 is 0. The van der Waals surface area contributed by atoms with Gasteiger partial charge in [-0.05, 0) is 71.6 Å². The number of hydrogen-bond acceptors (Lipinski definition) is 5. The zero-order valence-corrected chi connectivity index (χ0v) is 18.0. The van der Waals surface area contributed by atoms with Gasteiger partial charge in [-0.25, -0.2) is 4.79 Å². The van der Waals surface area contributed by atoms with E-state index in [2.05, 4.69) is 10.6 Å². The molecule has 1 aromatic heterocycles. The normalized spacial score (nSPS) is 16.2. The fraction of sp³-hybridized carbons (Fsp3) is 0.545. The standard InChI is InChI=1S/C22H30N2O5/c1-13-18(16-11-15(27-6)9-10-17(16)28-13)19(25)24-22(5,14-7-8-14)12-23-20(26)29-21(2,3)4/h9-11,14H,7-8,12H2,1-6H3,(H,23,26)(H,24,25). The number of benzene rings is 1. The number of hydrogen-bond donors (Lipinski definition) is 2. The first kappa shape index (κ1) is 21.0. The van der Waals surface area contributed by atoms with E-state index in [1.54, 1.807) is 32.2 Å². The minimum absolute atomic E-state index is 0.227. The molecule has 1 aliphatic carbocycles. The highest BCUT2D eigenvalue weighted by Crippen LogP contribution is 2.40. The Labute approximate surface area is 171 Å². The molecule has 1 unspecified atom stereocenters. The van der Waals surface area contributed by atoms with Crippen LogP contribution in [-0.4, -0.2) is 36.8 Å².